The van der Waals surface area contributed by atoms with Gasteiger partial charge in [-0.1, -0.05) is 17.7 Å². The van der Waals surface area contributed by atoms with Gasteiger partial charge >= 0.3 is 0 Å². The van der Waals surface area contributed by atoms with Crippen molar-refractivity contribution >= 4 is 45.0 Å². The van der Waals surface area contributed by atoms with Crippen molar-refractivity contribution in [3.63, 3.8) is 0 Å². The van der Waals surface area contributed by atoms with Crippen LogP contribution in [0.2, 0.25) is 5.02 Å². The summed E-state index contributed by atoms with van der Waals surface area (Å²) in [4.78, 5) is 8.65. The summed E-state index contributed by atoms with van der Waals surface area (Å²) in [6, 6.07) is 13.2. The summed E-state index contributed by atoms with van der Waals surface area (Å²) in [7, 11) is 1.89. The van der Waals surface area contributed by atoms with Crippen LogP contribution in [-0.2, 0) is 13.6 Å². The lowest BCUT2D eigenvalue weighted by Gasteiger charge is -2.12. The van der Waals surface area contributed by atoms with Gasteiger partial charge in [0, 0.05) is 25.5 Å². The first-order chi connectivity index (χ1) is 15.1. The predicted molar refractivity (Wildman–Crippen MR) is 120 cm³/mol. The molecule has 0 aliphatic carbocycles. The number of hydrogen-bond donors (Lipinski definition) is 2. The SMILES string of the molecule is Cn1ncc2c(Oc3ccc(Nc4ncnc5ccn(CCO)c45)cc3Cl)cccc21. The van der Waals surface area contributed by atoms with E-state index >= 15 is 0 Å². The van der Waals surface area contributed by atoms with E-state index in [1.807, 2.05) is 54.2 Å². The van der Waals surface area contributed by atoms with Crippen LogP contribution in [0.15, 0.2) is 61.2 Å². The fourth-order valence-corrected chi connectivity index (χ4v) is 3.79. The maximum Gasteiger partial charge on any atom is 0.158 e. The van der Waals surface area contributed by atoms with Crippen LogP contribution in [0.5, 0.6) is 11.5 Å². The molecule has 0 aliphatic heterocycles. The number of hydrogen-bond acceptors (Lipinski definition) is 6. The predicted octanol–water partition coefficient (Wildman–Crippen LogP) is 4.50. The highest BCUT2D eigenvalue weighted by atomic mass is 35.5. The van der Waals surface area contributed by atoms with Crippen molar-refractivity contribution < 1.29 is 9.84 Å². The molecule has 5 aromatic rings. The van der Waals surface area contributed by atoms with Crippen molar-refractivity contribution in [2.45, 2.75) is 6.54 Å². The normalized spacial score (nSPS) is 11.3. The van der Waals surface area contributed by atoms with E-state index < -0.39 is 0 Å². The summed E-state index contributed by atoms with van der Waals surface area (Å²) in [6.07, 6.45) is 5.15. The van der Waals surface area contributed by atoms with Crippen molar-refractivity contribution in [3.05, 3.63) is 66.2 Å². The molecule has 0 radical (unpaired) electrons. The third kappa shape index (κ3) is 3.56. The van der Waals surface area contributed by atoms with E-state index in [1.54, 1.807) is 16.9 Å². The van der Waals surface area contributed by atoms with Gasteiger partial charge in [-0.25, -0.2) is 9.97 Å². The lowest BCUT2D eigenvalue weighted by Crippen LogP contribution is -2.04. The van der Waals surface area contributed by atoms with E-state index in [2.05, 4.69) is 20.4 Å². The molecule has 8 nitrogen and oxygen atoms in total. The molecule has 0 atom stereocenters. The fraction of sp³-hybridized carbons (Fsp3) is 0.136. The fourth-order valence-electron chi connectivity index (χ4n) is 3.57. The Bertz CT molecular complexity index is 1390. The Labute approximate surface area is 182 Å². The number of aliphatic hydroxyl groups excluding tert-OH is 1. The molecule has 0 saturated carbocycles. The second kappa shape index (κ2) is 7.90. The summed E-state index contributed by atoms with van der Waals surface area (Å²) in [6.45, 7) is 0.485. The van der Waals surface area contributed by atoms with Gasteiger partial charge in [0.1, 0.15) is 23.3 Å². The van der Waals surface area contributed by atoms with Crippen molar-refractivity contribution in [1.29, 1.82) is 0 Å². The highest BCUT2D eigenvalue weighted by Gasteiger charge is 2.12. The lowest BCUT2D eigenvalue weighted by molar-refractivity contribution is 0.278. The first-order valence-electron chi connectivity index (χ1n) is 9.70. The molecule has 31 heavy (non-hydrogen) atoms. The van der Waals surface area contributed by atoms with Gasteiger partial charge < -0.3 is 19.7 Å². The molecule has 9 heteroatoms. The molecule has 0 unspecified atom stereocenters. The Morgan fingerprint density at radius 1 is 1.13 bits per heavy atom. The number of aryl methyl sites for hydroxylation is 1. The minimum absolute atomic E-state index is 0.0274. The van der Waals surface area contributed by atoms with Gasteiger partial charge in [0.15, 0.2) is 5.82 Å². The Hall–Kier alpha value is -3.62. The first kappa shape index (κ1) is 19.3. The zero-order chi connectivity index (χ0) is 21.4. The number of ether oxygens (including phenoxy) is 1. The molecule has 2 aromatic carbocycles. The van der Waals surface area contributed by atoms with Gasteiger partial charge in [0.05, 0.1) is 34.2 Å². The number of aliphatic hydroxyl groups is 1. The van der Waals surface area contributed by atoms with Gasteiger partial charge in [-0.05, 0) is 36.4 Å². The van der Waals surface area contributed by atoms with Gasteiger partial charge in [0.2, 0.25) is 0 Å². The van der Waals surface area contributed by atoms with Crippen molar-refractivity contribution in [3.8, 4) is 11.5 Å². The monoisotopic (exact) mass is 434 g/mol. The molecule has 5 rings (SSSR count). The first-order valence-corrected chi connectivity index (χ1v) is 10.1. The maximum atomic E-state index is 9.31. The zero-order valence-corrected chi connectivity index (χ0v) is 17.4. The molecule has 2 N–H and O–H groups in total. The number of halogens is 1. The minimum atomic E-state index is 0.0274. The molecule has 0 bridgehead atoms. The number of nitrogens with zero attached hydrogens (tertiary/aromatic N) is 5. The quantitative estimate of drug-likeness (QED) is 0.409. The highest BCUT2D eigenvalue weighted by Crippen LogP contribution is 2.36. The van der Waals surface area contributed by atoms with E-state index in [0.717, 1.165) is 27.6 Å². The Balaban J connectivity index is 1.44. The molecular formula is C22H19ClN6O2. The van der Waals surface area contributed by atoms with Crippen LogP contribution in [0.3, 0.4) is 0 Å². The number of rotatable bonds is 6. The van der Waals surface area contributed by atoms with Crippen molar-refractivity contribution in [2.75, 3.05) is 11.9 Å². The van der Waals surface area contributed by atoms with Crippen molar-refractivity contribution in [2.24, 2.45) is 7.05 Å². The second-order valence-corrected chi connectivity index (χ2v) is 7.43. The van der Waals surface area contributed by atoms with Crippen LogP contribution in [0, 0.1) is 0 Å². The van der Waals surface area contributed by atoms with Gasteiger partial charge in [-0.3, -0.25) is 4.68 Å². The van der Waals surface area contributed by atoms with Crippen LogP contribution in [0.4, 0.5) is 11.5 Å². The summed E-state index contributed by atoms with van der Waals surface area (Å²) in [5.74, 6) is 1.86. The van der Waals surface area contributed by atoms with E-state index in [-0.39, 0.29) is 6.61 Å². The van der Waals surface area contributed by atoms with Crippen LogP contribution in [0.1, 0.15) is 0 Å². The van der Waals surface area contributed by atoms with E-state index in [1.165, 1.54) is 6.33 Å². The molecule has 156 valence electrons. The minimum Gasteiger partial charge on any atom is -0.455 e. The lowest BCUT2D eigenvalue weighted by atomic mass is 10.2. The van der Waals surface area contributed by atoms with Gasteiger partial charge in [-0.15, -0.1) is 0 Å². The maximum absolute atomic E-state index is 9.31. The molecule has 0 amide bonds. The number of benzene rings is 2. The number of anilines is 2. The largest absolute Gasteiger partial charge is 0.455 e. The van der Waals surface area contributed by atoms with E-state index in [0.29, 0.717) is 28.9 Å². The average molecular weight is 435 g/mol. The standard InChI is InChI=1S/C22H19ClN6O2/c1-28-18-3-2-4-19(15(18)12-26-28)31-20-6-5-14(11-16(20)23)27-22-21-17(24-13-25-22)7-8-29(21)9-10-30/h2-8,11-13,30H,9-10H2,1H3,(H,24,25,27). The Morgan fingerprint density at radius 2 is 2.03 bits per heavy atom. The topological polar surface area (TPSA) is 90.0 Å². The van der Waals surface area contributed by atoms with E-state index in [4.69, 9.17) is 16.3 Å². The number of aromatic nitrogens is 5. The average Bonchev–Trinajstić information content (AvgIpc) is 3.36. The van der Waals surface area contributed by atoms with Crippen LogP contribution >= 0.6 is 11.6 Å². The van der Waals surface area contributed by atoms with Crippen LogP contribution < -0.4 is 10.1 Å². The summed E-state index contributed by atoms with van der Waals surface area (Å²) >= 11 is 6.52. The van der Waals surface area contributed by atoms with Gasteiger partial charge in [0.25, 0.3) is 0 Å². The van der Waals surface area contributed by atoms with Crippen molar-refractivity contribution in [1.82, 2.24) is 24.3 Å². The molecule has 0 spiro atoms. The molecule has 3 heterocycles. The van der Waals surface area contributed by atoms with Crippen LogP contribution in [-0.4, -0.2) is 36.0 Å². The summed E-state index contributed by atoms with van der Waals surface area (Å²) < 4.78 is 9.78. The smallest absolute Gasteiger partial charge is 0.158 e. The van der Waals surface area contributed by atoms with Crippen LogP contribution in [0.25, 0.3) is 21.9 Å². The summed E-state index contributed by atoms with van der Waals surface area (Å²) in [5.41, 5.74) is 3.34. The third-order valence-electron chi connectivity index (χ3n) is 5.06. The Kier molecular flexibility index (Phi) is 4.93. The number of fused-ring (bicyclic) bond motifs is 2. The highest BCUT2D eigenvalue weighted by molar-refractivity contribution is 6.32. The molecule has 0 fully saturated rings. The molecular weight excluding hydrogens is 416 g/mol. The summed E-state index contributed by atoms with van der Waals surface area (Å²) in [5, 5.41) is 18.3. The molecule has 0 aliphatic rings. The van der Waals surface area contributed by atoms with Gasteiger partial charge in [-0.2, -0.15) is 5.10 Å². The molecule has 0 saturated heterocycles. The third-order valence-corrected chi connectivity index (χ3v) is 5.35. The number of nitrogens with one attached hydrogen (secondary N) is 1. The molecule has 3 aromatic heterocycles. The zero-order valence-electron chi connectivity index (χ0n) is 16.7. The van der Waals surface area contributed by atoms with E-state index in [9.17, 15) is 5.11 Å². The Morgan fingerprint density at radius 3 is 2.87 bits per heavy atom. The second-order valence-electron chi connectivity index (χ2n) is 7.02.